The Labute approximate surface area is 158 Å². The van der Waals surface area contributed by atoms with Crippen molar-refractivity contribution in [1.82, 2.24) is 4.72 Å². The predicted molar refractivity (Wildman–Crippen MR) is 96.3 cm³/mol. The second-order valence-corrected chi connectivity index (χ2v) is 7.18. The molecule has 2 aromatic carbocycles. The maximum absolute atomic E-state index is 14.1. The predicted octanol–water partition coefficient (Wildman–Crippen LogP) is 3.71. The minimum absolute atomic E-state index is 0.131. The van der Waals surface area contributed by atoms with E-state index in [1.165, 1.54) is 31.2 Å². The van der Waals surface area contributed by atoms with E-state index in [9.17, 15) is 22.2 Å². The van der Waals surface area contributed by atoms with Crippen molar-refractivity contribution >= 4 is 17.0 Å². The number of carbonyl (C=O) groups excluding carboxylic acids is 1. The van der Waals surface area contributed by atoms with E-state index >= 15 is 0 Å². The molecule has 1 unspecified atom stereocenters. The molecule has 0 saturated carbocycles. The van der Waals surface area contributed by atoms with E-state index in [1.807, 2.05) is 4.72 Å². The van der Waals surface area contributed by atoms with E-state index in [0.717, 1.165) is 5.56 Å². The van der Waals surface area contributed by atoms with Crippen molar-refractivity contribution in [1.29, 1.82) is 0 Å². The Hall–Kier alpha value is -2.19. The van der Waals surface area contributed by atoms with E-state index in [4.69, 9.17) is 4.74 Å². The van der Waals surface area contributed by atoms with Crippen LogP contribution < -0.4 is 4.72 Å². The summed E-state index contributed by atoms with van der Waals surface area (Å²) >= 11 is 0. The molecule has 0 amide bonds. The zero-order valence-corrected chi connectivity index (χ0v) is 15.7. The van der Waals surface area contributed by atoms with Crippen LogP contribution in [0.2, 0.25) is 0 Å². The third-order valence-corrected chi connectivity index (χ3v) is 5.16. The number of rotatable bonds is 7. The van der Waals surface area contributed by atoms with Crippen LogP contribution in [0.4, 0.5) is 13.2 Å². The molecule has 0 aliphatic rings. The molecule has 0 radical (unpaired) electrons. The lowest BCUT2D eigenvalue weighted by atomic mass is 9.91. The molecule has 0 fully saturated rings. The molecule has 0 saturated heterocycles. The quantitative estimate of drug-likeness (QED) is 0.722. The zero-order chi connectivity index (χ0) is 20.1. The van der Waals surface area contributed by atoms with Gasteiger partial charge in [-0.15, -0.1) is 0 Å². The number of carbonyl (C=O) groups is 1. The third-order valence-electron chi connectivity index (χ3n) is 3.92. The summed E-state index contributed by atoms with van der Waals surface area (Å²) in [4.78, 5) is 12.5. The Morgan fingerprint density at radius 3 is 2.19 bits per heavy atom. The summed E-state index contributed by atoms with van der Waals surface area (Å²) in [7, 11) is -2.28. The van der Waals surface area contributed by atoms with Crippen LogP contribution in [0, 0.1) is 6.92 Å². The fourth-order valence-corrected chi connectivity index (χ4v) is 3.55. The lowest BCUT2D eigenvalue weighted by Crippen LogP contribution is -2.64. The monoisotopic (exact) mass is 399 g/mol. The van der Waals surface area contributed by atoms with Crippen molar-refractivity contribution in [3.63, 3.8) is 0 Å². The van der Waals surface area contributed by atoms with Gasteiger partial charge in [0.25, 0.3) is 0 Å². The molecule has 0 heterocycles. The van der Waals surface area contributed by atoms with Crippen LogP contribution in [-0.2, 0) is 26.9 Å². The van der Waals surface area contributed by atoms with Gasteiger partial charge in [0.1, 0.15) is 11.0 Å². The minimum Gasteiger partial charge on any atom is -0.464 e. The molecule has 0 bridgehead atoms. The van der Waals surface area contributed by atoms with Crippen molar-refractivity contribution in [2.45, 2.75) is 36.9 Å². The van der Waals surface area contributed by atoms with E-state index in [2.05, 4.69) is 0 Å². The van der Waals surface area contributed by atoms with Crippen LogP contribution in [0.15, 0.2) is 59.5 Å². The van der Waals surface area contributed by atoms with Crippen molar-refractivity contribution in [2.75, 3.05) is 6.61 Å². The van der Waals surface area contributed by atoms with Crippen LogP contribution in [0.1, 0.15) is 18.1 Å². The summed E-state index contributed by atoms with van der Waals surface area (Å²) < 4.78 is 61.6. The number of esters is 1. The van der Waals surface area contributed by atoms with Crippen molar-refractivity contribution < 1.29 is 26.9 Å². The number of aryl methyl sites for hydroxylation is 1. The molecule has 0 aliphatic carbocycles. The first kappa shape index (κ1) is 21.1. The van der Waals surface area contributed by atoms with Crippen molar-refractivity contribution in [3.05, 3.63) is 65.7 Å². The molecule has 146 valence electrons. The number of halogens is 3. The standard InChI is InChI=1S/C19H20F3NO3S/c1-3-26-17(24)18(19(20,21)22,13-15-7-5-4-6-8-15)23-27(25)16-11-9-14(2)10-12-16/h4-12,23H,3,13H2,1-2H3/t18-,27?/m0/s1. The Morgan fingerprint density at radius 1 is 1.07 bits per heavy atom. The highest BCUT2D eigenvalue weighted by atomic mass is 32.2. The second kappa shape index (κ2) is 8.67. The average molecular weight is 399 g/mol. The number of ether oxygens (including phenoxy) is 1. The van der Waals surface area contributed by atoms with E-state index in [1.54, 1.807) is 37.3 Å². The smallest absolute Gasteiger partial charge is 0.418 e. The molecule has 8 heteroatoms. The van der Waals surface area contributed by atoms with Gasteiger partial charge >= 0.3 is 12.1 Å². The van der Waals surface area contributed by atoms with Crippen molar-refractivity contribution in [3.8, 4) is 0 Å². The lowest BCUT2D eigenvalue weighted by molar-refractivity contribution is -0.208. The molecule has 0 aromatic heterocycles. The number of hydrogen-bond donors (Lipinski definition) is 1. The largest absolute Gasteiger partial charge is 0.464 e. The topological polar surface area (TPSA) is 55.4 Å². The highest BCUT2D eigenvalue weighted by Crippen LogP contribution is 2.35. The Morgan fingerprint density at radius 2 is 1.67 bits per heavy atom. The van der Waals surface area contributed by atoms with Crippen LogP contribution in [0.5, 0.6) is 0 Å². The highest BCUT2D eigenvalue weighted by Gasteiger charge is 2.62. The first-order valence-corrected chi connectivity index (χ1v) is 9.38. The van der Waals surface area contributed by atoms with Gasteiger partial charge in [-0.25, -0.2) is 13.7 Å². The normalized spacial score (nSPS) is 15.0. The second-order valence-electron chi connectivity index (χ2n) is 5.97. The summed E-state index contributed by atoms with van der Waals surface area (Å²) in [6.07, 6.45) is -5.77. The van der Waals surface area contributed by atoms with Crippen molar-refractivity contribution in [2.24, 2.45) is 0 Å². The van der Waals surface area contributed by atoms with Gasteiger partial charge in [0.2, 0.25) is 5.54 Å². The maximum atomic E-state index is 14.1. The van der Waals surface area contributed by atoms with Gasteiger partial charge in [-0.2, -0.15) is 13.2 Å². The molecular weight excluding hydrogens is 379 g/mol. The van der Waals surface area contributed by atoms with E-state index < -0.39 is 35.1 Å². The summed E-state index contributed by atoms with van der Waals surface area (Å²) in [5, 5.41) is 0. The first-order valence-electron chi connectivity index (χ1n) is 8.24. The van der Waals surface area contributed by atoms with E-state index in [-0.39, 0.29) is 17.1 Å². The Bertz CT molecular complexity index is 794. The van der Waals surface area contributed by atoms with Gasteiger partial charge in [-0.05, 0) is 31.5 Å². The lowest BCUT2D eigenvalue weighted by Gasteiger charge is -2.33. The molecule has 1 N–H and O–H groups in total. The van der Waals surface area contributed by atoms with Gasteiger partial charge in [0.05, 0.1) is 11.5 Å². The summed E-state index contributed by atoms with van der Waals surface area (Å²) in [5.74, 6) is -1.51. The van der Waals surface area contributed by atoms with Crippen LogP contribution in [0.3, 0.4) is 0 Å². The molecule has 2 atom stereocenters. The fourth-order valence-electron chi connectivity index (χ4n) is 2.46. The van der Waals surface area contributed by atoms with Gasteiger partial charge in [-0.1, -0.05) is 48.0 Å². The maximum Gasteiger partial charge on any atom is 0.418 e. The fraction of sp³-hybridized carbons (Fsp3) is 0.316. The molecule has 2 aromatic rings. The molecule has 27 heavy (non-hydrogen) atoms. The molecule has 2 rings (SSSR count). The number of nitrogens with one attached hydrogen (secondary N) is 1. The third kappa shape index (κ3) is 4.95. The number of alkyl halides is 3. The Balaban J connectivity index is 2.47. The zero-order valence-electron chi connectivity index (χ0n) is 14.9. The van der Waals surface area contributed by atoms with E-state index in [0.29, 0.717) is 0 Å². The first-order chi connectivity index (χ1) is 12.7. The number of benzene rings is 2. The molecular formula is C19H20F3NO3S. The SMILES string of the molecule is CCOC(=O)[C@](Cc1ccccc1)(NS(=O)c1ccc(C)cc1)C(F)(F)F. The van der Waals surface area contributed by atoms with Gasteiger partial charge in [-0.3, -0.25) is 0 Å². The molecule has 0 aliphatic heterocycles. The van der Waals surface area contributed by atoms with Crippen LogP contribution in [0.25, 0.3) is 0 Å². The van der Waals surface area contributed by atoms with Gasteiger partial charge in [0.15, 0.2) is 0 Å². The Kier molecular flexibility index (Phi) is 6.78. The molecule has 4 nitrogen and oxygen atoms in total. The highest BCUT2D eigenvalue weighted by molar-refractivity contribution is 7.83. The summed E-state index contributed by atoms with van der Waals surface area (Å²) in [5.41, 5.74) is -2.01. The summed E-state index contributed by atoms with van der Waals surface area (Å²) in [6.45, 7) is 2.98. The van der Waals surface area contributed by atoms with Crippen LogP contribution in [-0.4, -0.2) is 28.5 Å². The number of hydrogen-bond acceptors (Lipinski definition) is 3. The average Bonchev–Trinajstić information content (AvgIpc) is 2.61. The summed E-state index contributed by atoms with van der Waals surface area (Å²) in [6, 6.07) is 13.9. The molecule has 0 spiro atoms. The minimum atomic E-state index is -5.03. The van der Waals surface area contributed by atoms with Gasteiger partial charge < -0.3 is 4.74 Å². The van der Waals surface area contributed by atoms with Gasteiger partial charge in [0, 0.05) is 6.42 Å². The van der Waals surface area contributed by atoms with Crippen LogP contribution >= 0.6 is 0 Å².